The van der Waals surface area contributed by atoms with E-state index in [1.165, 1.54) is 25.7 Å². The third-order valence-corrected chi connectivity index (χ3v) is 3.42. The van der Waals surface area contributed by atoms with Crippen LogP contribution in [0.4, 0.5) is 0 Å². The van der Waals surface area contributed by atoms with Gasteiger partial charge in [0.2, 0.25) is 5.89 Å². The van der Waals surface area contributed by atoms with E-state index in [0.29, 0.717) is 0 Å². The van der Waals surface area contributed by atoms with Crippen LogP contribution in [0.25, 0.3) is 0 Å². The van der Waals surface area contributed by atoms with Crippen molar-refractivity contribution in [3.63, 3.8) is 0 Å². The van der Waals surface area contributed by atoms with Gasteiger partial charge in [-0.1, -0.05) is 19.0 Å². The molecule has 0 bridgehead atoms. The first-order chi connectivity index (χ1) is 6.60. The van der Waals surface area contributed by atoms with Gasteiger partial charge < -0.3 is 4.52 Å². The highest BCUT2D eigenvalue weighted by atomic mass is 16.5. The average molecular weight is 194 g/mol. The third-order valence-electron chi connectivity index (χ3n) is 3.42. The molecule has 3 nitrogen and oxygen atoms in total. The van der Waals surface area contributed by atoms with Crippen LogP contribution in [-0.4, -0.2) is 10.1 Å². The Morgan fingerprint density at radius 1 is 1.36 bits per heavy atom. The zero-order valence-electron chi connectivity index (χ0n) is 9.21. The zero-order chi connectivity index (χ0) is 10.2. The second kappa shape index (κ2) is 3.37. The summed E-state index contributed by atoms with van der Waals surface area (Å²) in [5.41, 5.74) is 0.133. The Labute approximate surface area is 84.9 Å². The predicted octanol–water partition coefficient (Wildman–Crippen LogP) is 2.85. The lowest BCUT2D eigenvalue weighted by atomic mass is 9.72. The summed E-state index contributed by atoms with van der Waals surface area (Å²) < 4.78 is 5.28. The Hall–Kier alpha value is -0.860. The van der Waals surface area contributed by atoms with Crippen LogP contribution in [-0.2, 0) is 5.41 Å². The maximum atomic E-state index is 5.28. The lowest BCUT2D eigenvalue weighted by molar-refractivity contribution is 0.202. The molecule has 14 heavy (non-hydrogen) atoms. The van der Waals surface area contributed by atoms with Crippen molar-refractivity contribution in [3.05, 3.63) is 11.7 Å². The quantitative estimate of drug-likeness (QED) is 0.690. The summed E-state index contributed by atoms with van der Waals surface area (Å²) in [5.74, 6) is 2.44. The van der Waals surface area contributed by atoms with Gasteiger partial charge in [-0.15, -0.1) is 0 Å². The molecular formula is C11H18N2O. The van der Waals surface area contributed by atoms with Crippen molar-refractivity contribution >= 4 is 0 Å². The SMILES string of the molecule is Cc1noc(C2(C)CCC(C)CC2)n1. The summed E-state index contributed by atoms with van der Waals surface area (Å²) in [6.45, 7) is 6.44. The van der Waals surface area contributed by atoms with Gasteiger partial charge in [-0.05, 0) is 38.5 Å². The molecule has 0 aliphatic heterocycles. The first-order valence-electron chi connectivity index (χ1n) is 5.41. The predicted molar refractivity (Wildman–Crippen MR) is 54.0 cm³/mol. The van der Waals surface area contributed by atoms with Crippen molar-refractivity contribution in [2.75, 3.05) is 0 Å². The van der Waals surface area contributed by atoms with E-state index in [1.807, 2.05) is 6.92 Å². The molecule has 2 rings (SSSR count). The Kier molecular flexibility index (Phi) is 2.33. The maximum absolute atomic E-state index is 5.28. The van der Waals surface area contributed by atoms with Crippen LogP contribution in [0.5, 0.6) is 0 Å². The topological polar surface area (TPSA) is 38.9 Å². The van der Waals surface area contributed by atoms with E-state index in [4.69, 9.17) is 4.52 Å². The van der Waals surface area contributed by atoms with Crippen LogP contribution in [0.3, 0.4) is 0 Å². The van der Waals surface area contributed by atoms with E-state index < -0.39 is 0 Å². The van der Waals surface area contributed by atoms with Gasteiger partial charge >= 0.3 is 0 Å². The lowest BCUT2D eigenvalue weighted by Crippen LogP contribution is -2.28. The molecule has 0 N–H and O–H groups in total. The summed E-state index contributed by atoms with van der Waals surface area (Å²) in [6, 6.07) is 0. The van der Waals surface area contributed by atoms with Crippen LogP contribution in [0.1, 0.15) is 51.2 Å². The fourth-order valence-electron chi connectivity index (χ4n) is 2.16. The molecule has 0 unspecified atom stereocenters. The molecule has 1 saturated carbocycles. The molecule has 0 aromatic carbocycles. The molecule has 1 heterocycles. The minimum absolute atomic E-state index is 0.133. The smallest absolute Gasteiger partial charge is 0.232 e. The molecule has 78 valence electrons. The van der Waals surface area contributed by atoms with Crippen LogP contribution >= 0.6 is 0 Å². The van der Waals surface area contributed by atoms with E-state index in [2.05, 4.69) is 24.0 Å². The molecule has 1 aromatic heterocycles. The monoisotopic (exact) mass is 194 g/mol. The molecule has 3 heteroatoms. The van der Waals surface area contributed by atoms with Gasteiger partial charge in [0.15, 0.2) is 5.82 Å². The minimum atomic E-state index is 0.133. The first kappa shape index (κ1) is 9.69. The summed E-state index contributed by atoms with van der Waals surface area (Å²) in [7, 11) is 0. The molecule has 0 atom stereocenters. The Bertz CT molecular complexity index is 311. The molecule has 1 aliphatic rings. The zero-order valence-corrected chi connectivity index (χ0v) is 9.21. The van der Waals surface area contributed by atoms with Crippen LogP contribution in [0, 0.1) is 12.8 Å². The van der Waals surface area contributed by atoms with Gasteiger partial charge in [-0.2, -0.15) is 4.98 Å². The number of aryl methyl sites for hydroxylation is 1. The summed E-state index contributed by atoms with van der Waals surface area (Å²) in [4.78, 5) is 4.35. The van der Waals surface area contributed by atoms with Crippen LogP contribution in [0.15, 0.2) is 4.52 Å². The molecule has 0 radical (unpaired) electrons. The highest BCUT2D eigenvalue weighted by Crippen LogP contribution is 2.40. The number of nitrogens with zero attached hydrogens (tertiary/aromatic N) is 2. The van der Waals surface area contributed by atoms with Crippen molar-refractivity contribution in [3.8, 4) is 0 Å². The van der Waals surface area contributed by atoms with Crippen LogP contribution in [0.2, 0.25) is 0 Å². The van der Waals surface area contributed by atoms with Gasteiger partial charge in [0.1, 0.15) is 0 Å². The molecule has 1 aromatic rings. The number of aromatic nitrogens is 2. The Morgan fingerprint density at radius 2 is 2.00 bits per heavy atom. The standard InChI is InChI=1S/C11H18N2O/c1-8-4-6-11(3,7-5-8)10-12-9(2)13-14-10/h8H,4-7H2,1-3H3. The number of hydrogen-bond acceptors (Lipinski definition) is 3. The molecule has 1 fully saturated rings. The normalized spacial score (nSPS) is 33.2. The average Bonchev–Trinajstić information content (AvgIpc) is 2.58. The first-order valence-corrected chi connectivity index (χ1v) is 5.41. The molecule has 0 amide bonds. The van der Waals surface area contributed by atoms with Crippen molar-refractivity contribution < 1.29 is 4.52 Å². The minimum Gasteiger partial charge on any atom is -0.339 e. The van der Waals surface area contributed by atoms with Crippen molar-refractivity contribution in [2.24, 2.45) is 5.92 Å². The van der Waals surface area contributed by atoms with Gasteiger partial charge in [0.05, 0.1) is 0 Å². The van der Waals surface area contributed by atoms with Gasteiger partial charge in [-0.3, -0.25) is 0 Å². The second-order valence-corrected chi connectivity index (χ2v) is 4.89. The van der Waals surface area contributed by atoms with Crippen LogP contribution < -0.4 is 0 Å². The molecule has 0 saturated heterocycles. The van der Waals surface area contributed by atoms with Crippen molar-refractivity contribution in [2.45, 2.75) is 51.9 Å². The van der Waals surface area contributed by atoms with E-state index in [-0.39, 0.29) is 5.41 Å². The number of hydrogen-bond donors (Lipinski definition) is 0. The van der Waals surface area contributed by atoms with Crippen molar-refractivity contribution in [1.82, 2.24) is 10.1 Å². The summed E-state index contributed by atoms with van der Waals surface area (Å²) in [5, 5.41) is 3.87. The molecule has 1 aliphatic carbocycles. The Balaban J connectivity index is 2.16. The highest BCUT2D eigenvalue weighted by Gasteiger charge is 2.35. The highest BCUT2D eigenvalue weighted by molar-refractivity contribution is 5.04. The van der Waals surface area contributed by atoms with E-state index in [0.717, 1.165) is 17.6 Å². The summed E-state index contributed by atoms with van der Waals surface area (Å²) >= 11 is 0. The van der Waals surface area contributed by atoms with Gasteiger partial charge in [-0.25, -0.2) is 0 Å². The van der Waals surface area contributed by atoms with E-state index >= 15 is 0 Å². The van der Waals surface area contributed by atoms with Crippen molar-refractivity contribution in [1.29, 1.82) is 0 Å². The van der Waals surface area contributed by atoms with Gasteiger partial charge in [0.25, 0.3) is 0 Å². The number of rotatable bonds is 1. The van der Waals surface area contributed by atoms with Gasteiger partial charge in [0, 0.05) is 5.41 Å². The maximum Gasteiger partial charge on any atom is 0.232 e. The summed E-state index contributed by atoms with van der Waals surface area (Å²) in [6.07, 6.45) is 4.90. The Morgan fingerprint density at radius 3 is 2.50 bits per heavy atom. The fraction of sp³-hybridized carbons (Fsp3) is 0.818. The molecular weight excluding hydrogens is 176 g/mol. The largest absolute Gasteiger partial charge is 0.339 e. The van der Waals surface area contributed by atoms with E-state index in [9.17, 15) is 0 Å². The third kappa shape index (κ3) is 1.68. The molecule has 0 spiro atoms. The second-order valence-electron chi connectivity index (χ2n) is 4.89. The lowest BCUT2D eigenvalue weighted by Gasteiger charge is -2.32. The fourth-order valence-corrected chi connectivity index (χ4v) is 2.16. The van der Waals surface area contributed by atoms with E-state index in [1.54, 1.807) is 0 Å².